The number of nitrogens with zero attached hydrogens (tertiary/aromatic N) is 1. The number of nitrogens with two attached hydrogens (primary N) is 1. The summed E-state index contributed by atoms with van der Waals surface area (Å²) in [6, 6.07) is 0.213. The zero-order valence-electron chi connectivity index (χ0n) is 7.59. The van der Waals surface area contributed by atoms with Crippen molar-refractivity contribution in [3.05, 3.63) is 14.5 Å². The maximum Gasteiger partial charge on any atom is 0.120 e. The van der Waals surface area contributed by atoms with Crippen molar-refractivity contribution >= 4 is 27.3 Å². The molecule has 1 saturated carbocycles. The molecule has 13 heavy (non-hydrogen) atoms. The van der Waals surface area contributed by atoms with E-state index in [4.69, 9.17) is 5.73 Å². The minimum Gasteiger partial charge on any atom is -0.328 e. The van der Waals surface area contributed by atoms with Gasteiger partial charge in [-0.15, -0.1) is 11.3 Å². The molecule has 0 aromatic carbocycles. The predicted octanol–water partition coefficient (Wildman–Crippen LogP) is 2.67. The molecule has 1 atom stereocenters. The fourth-order valence-corrected chi connectivity index (χ4v) is 3.48. The van der Waals surface area contributed by atoms with Crippen molar-refractivity contribution in [1.82, 2.24) is 4.98 Å². The smallest absolute Gasteiger partial charge is 0.120 e. The third-order valence-corrected chi connectivity index (χ3v) is 4.21. The molecular formula is C9H13BrN2S. The van der Waals surface area contributed by atoms with E-state index in [1.54, 1.807) is 0 Å². The molecule has 1 fully saturated rings. The first-order valence-corrected chi connectivity index (χ1v) is 6.18. The number of hydrogen-bond acceptors (Lipinski definition) is 3. The molecule has 72 valence electrons. The lowest BCUT2D eigenvalue weighted by atomic mass is 10.3. The summed E-state index contributed by atoms with van der Waals surface area (Å²) >= 11 is 5.33. The van der Waals surface area contributed by atoms with Gasteiger partial charge in [0.1, 0.15) is 4.60 Å². The molecule has 1 aromatic heterocycles. The van der Waals surface area contributed by atoms with Crippen LogP contribution < -0.4 is 5.73 Å². The fourth-order valence-electron chi connectivity index (χ4n) is 1.32. The molecule has 0 amide bonds. The van der Waals surface area contributed by atoms with Gasteiger partial charge >= 0.3 is 0 Å². The van der Waals surface area contributed by atoms with E-state index in [0.717, 1.165) is 16.9 Å². The van der Waals surface area contributed by atoms with Crippen LogP contribution in [0.1, 0.15) is 35.6 Å². The Hall–Kier alpha value is 0.0700. The maximum absolute atomic E-state index is 5.73. The van der Waals surface area contributed by atoms with Crippen LogP contribution >= 0.6 is 27.3 Å². The first-order valence-electron chi connectivity index (χ1n) is 4.57. The highest BCUT2D eigenvalue weighted by molar-refractivity contribution is 9.10. The number of hydrogen-bond donors (Lipinski definition) is 1. The van der Waals surface area contributed by atoms with E-state index in [1.165, 1.54) is 22.7 Å². The molecule has 0 saturated heterocycles. The Bertz CT molecular complexity index is 305. The molecule has 1 heterocycles. The highest BCUT2D eigenvalue weighted by atomic mass is 79.9. The number of rotatable bonds is 3. The normalized spacial score (nSPS) is 19.0. The number of halogens is 1. The Balaban J connectivity index is 2.14. The van der Waals surface area contributed by atoms with Crippen molar-refractivity contribution in [3.63, 3.8) is 0 Å². The monoisotopic (exact) mass is 260 g/mol. The van der Waals surface area contributed by atoms with Gasteiger partial charge in [0, 0.05) is 17.3 Å². The molecule has 4 heteroatoms. The Kier molecular flexibility index (Phi) is 2.72. The number of aromatic nitrogens is 1. The van der Waals surface area contributed by atoms with Crippen LogP contribution in [0.4, 0.5) is 0 Å². The average Bonchev–Trinajstić information content (AvgIpc) is 2.77. The summed E-state index contributed by atoms with van der Waals surface area (Å²) in [4.78, 5) is 5.89. The van der Waals surface area contributed by atoms with Crippen molar-refractivity contribution in [1.29, 1.82) is 0 Å². The maximum atomic E-state index is 5.73. The second-order valence-electron chi connectivity index (χ2n) is 3.72. The first-order chi connectivity index (χ1) is 6.16. The van der Waals surface area contributed by atoms with Crippen molar-refractivity contribution < 1.29 is 0 Å². The molecule has 1 aromatic rings. The van der Waals surface area contributed by atoms with Gasteiger partial charge in [-0.1, -0.05) is 0 Å². The third-order valence-electron chi connectivity index (χ3n) is 2.10. The second kappa shape index (κ2) is 3.67. The molecular weight excluding hydrogens is 248 g/mol. The van der Waals surface area contributed by atoms with E-state index in [1.807, 2.05) is 18.3 Å². The molecule has 0 spiro atoms. The highest BCUT2D eigenvalue weighted by Crippen LogP contribution is 2.46. The van der Waals surface area contributed by atoms with Gasteiger partial charge in [0.25, 0.3) is 0 Å². The van der Waals surface area contributed by atoms with E-state index >= 15 is 0 Å². The van der Waals surface area contributed by atoms with Crippen molar-refractivity contribution in [2.24, 2.45) is 5.73 Å². The Morgan fingerprint density at radius 2 is 2.38 bits per heavy atom. The van der Waals surface area contributed by atoms with Crippen LogP contribution in [-0.2, 0) is 6.42 Å². The standard InChI is InChI=1S/C9H13BrN2S/c1-5(11)4-7-12-9(10)8(13-7)6-2-3-6/h5-6H,2-4,11H2,1H3. The summed E-state index contributed by atoms with van der Waals surface area (Å²) in [6.07, 6.45) is 3.56. The first kappa shape index (κ1) is 9.62. The summed E-state index contributed by atoms with van der Waals surface area (Å²) < 4.78 is 1.05. The minimum atomic E-state index is 0.213. The van der Waals surface area contributed by atoms with Crippen LogP contribution in [-0.4, -0.2) is 11.0 Å². The van der Waals surface area contributed by atoms with Gasteiger partial charge in [-0.3, -0.25) is 0 Å². The molecule has 2 rings (SSSR count). The largest absolute Gasteiger partial charge is 0.328 e. The minimum absolute atomic E-state index is 0.213. The van der Waals surface area contributed by atoms with E-state index in [0.29, 0.717) is 0 Å². The molecule has 1 aliphatic carbocycles. The van der Waals surface area contributed by atoms with Gasteiger partial charge in [0.2, 0.25) is 0 Å². The van der Waals surface area contributed by atoms with Crippen LogP contribution in [0.3, 0.4) is 0 Å². The lowest BCUT2D eigenvalue weighted by Gasteiger charge is -1.98. The van der Waals surface area contributed by atoms with Gasteiger partial charge in [-0.2, -0.15) is 0 Å². The van der Waals surface area contributed by atoms with Gasteiger partial charge in [0.05, 0.1) is 5.01 Å². The fraction of sp³-hybridized carbons (Fsp3) is 0.667. The molecule has 0 aliphatic heterocycles. The Morgan fingerprint density at radius 1 is 1.69 bits per heavy atom. The van der Waals surface area contributed by atoms with Gasteiger partial charge in [-0.25, -0.2) is 4.98 Å². The zero-order valence-corrected chi connectivity index (χ0v) is 9.99. The van der Waals surface area contributed by atoms with E-state index in [-0.39, 0.29) is 6.04 Å². The van der Waals surface area contributed by atoms with Gasteiger partial charge in [0.15, 0.2) is 0 Å². The quantitative estimate of drug-likeness (QED) is 0.908. The van der Waals surface area contributed by atoms with Crippen molar-refractivity contribution in [2.45, 2.75) is 38.1 Å². The number of thiazole rings is 1. The zero-order chi connectivity index (χ0) is 9.42. The third kappa shape index (κ3) is 2.30. The highest BCUT2D eigenvalue weighted by Gasteiger charge is 2.28. The molecule has 1 aliphatic rings. The van der Waals surface area contributed by atoms with E-state index in [2.05, 4.69) is 20.9 Å². The molecule has 1 unspecified atom stereocenters. The summed E-state index contributed by atoms with van der Waals surface area (Å²) in [6.45, 7) is 2.02. The molecule has 0 bridgehead atoms. The predicted molar refractivity (Wildman–Crippen MR) is 59.1 cm³/mol. The van der Waals surface area contributed by atoms with Crippen molar-refractivity contribution in [3.8, 4) is 0 Å². The summed E-state index contributed by atoms with van der Waals surface area (Å²) in [5.74, 6) is 0.786. The van der Waals surface area contributed by atoms with Crippen molar-refractivity contribution in [2.75, 3.05) is 0 Å². The Labute approximate surface area is 90.7 Å². The van der Waals surface area contributed by atoms with E-state index < -0.39 is 0 Å². The SMILES string of the molecule is CC(N)Cc1nc(Br)c(C2CC2)s1. The van der Waals surface area contributed by atoms with Crippen LogP contribution in [0.2, 0.25) is 0 Å². The summed E-state index contributed by atoms with van der Waals surface area (Å²) in [5, 5.41) is 1.17. The van der Waals surface area contributed by atoms with Crippen LogP contribution in [0.15, 0.2) is 4.60 Å². The average molecular weight is 261 g/mol. The summed E-state index contributed by atoms with van der Waals surface area (Å²) in [7, 11) is 0. The summed E-state index contributed by atoms with van der Waals surface area (Å²) in [5.41, 5.74) is 5.73. The van der Waals surface area contributed by atoms with Gasteiger partial charge in [-0.05, 0) is 41.6 Å². The molecule has 2 N–H and O–H groups in total. The lowest BCUT2D eigenvalue weighted by Crippen LogP contribution is -2.17. The lowest BCUT2D eigenvalue weighted by molar-refractivity contribution is 0.733. The topological polar surface area (TPSA) is 38.9 Å². The van der Waals surface area contributed by atoms with Crippen LogP contribution in [0.25, 0.3) is 0 Å². The Morgan fingerprint density at radius 3 is 2.92 bits per heavy atom. The molecule has 0 radical (unpaired) electrons. The van der Waals surface area contributed by atoms with Crippen LogP contribution in [0, 0.1) is 0 Å². The van der Waals surface area contributed by atoms with E-state index in [9.17, 15) is 0 Å². The van der Waals surface area contributed by atoms with Crippen LogP contribution in [0.5, 0.6) is 0 Å². The van der Waals surface area contributed by atoms with Gasteiger partial charge < -0.3 is 5.73 Å². The second-order valence-corrected chi connectivity index (χ2v) is 5.58. The molecule has 2 nitrogen and oxygen atoms in total.